The third-order valence-corrected chi connectivity index (χ3v) is 7.63. The Hall–Kier alpha value is -1.80. The van der Waals surface area contributed by atoms with E-state index in [1.807, 2.05) is 0 Å². The molecule has 3 aromatic carbocycles. The first-order valence-corrected chi connectivity index (χ1v) is 11.9. The molecule has 3 aromatic rings. The summed E-state index contributed by atoms with van der Waals surface area (Å²) in [6, 6.07) is 17.4. The van der Waals surface area contributed by atoms with Crippen molar-refractivity contribution >= 4 is 68.0 Å². The van der Waals surface area contributed by atoms with Gasteiger partial charge in [-0.1, -0.05) is 76.7 Å². The summed E-state index contributed by atoms with van der Waals surface area (Å²) in [5.41, 5.74) is 0.855. The maximum absolute atomic E-state index is 13.2. The monoisotopic (exact) mass is 516 g/mol. The van der Waals surface area contributed by atoms with Crippen LogP contribution in [0.25, 0.3) is 0 Å². The van der Waals surface area contributed by atoms with Crippen LogP contribution in [-0.2, 0) is 21.4 Å². The van der Waals surface area contributed by atoms with E-state index >= 15 is 0 Å². The van der Waals surface area contributed by atoms with Gasteiger partial charge in [-0.05, 0) is 42.0 Å². The summed E-state index contributed by atoms with van der Waals surface area (Å²) >= 11 is 24.1. The van der Waals surface area contributed by atoms with E-state index in [2.05, 4.69) is 5.32 Å². The highest BCUT2D eigenvalue weighted by molar-refractivity contribution is 7.89. The second-order valence-electron chi connectivity index (χ2n) is 6.48. The predicted molar refractivity (Wildman–Crippen MR) is 126 cm³/mol. The molecular formula is C21H16Cl4N2O3S. The number of rotatable bonds is 7. The normalized spacial score (nSPS) is 11.5. The molecule has 1 amide bonds. The molecule has 1 N–H and O–H groups in total. The van der Waals surface area contributed by atoms with Gasteiger partial charge in [0.15, 0.2) is 0 Å². The number of nitrogens with one attached hydrogen (secondary N) is 1. The summed E-state index contributed by atoms with van der Waals surface area (Å²) in [5, 5.41) is 3.66. The Kier molecular flexibility index (Phi) is 7.86. The van der Waals surface area contributed by atoms with Gasteiger partial charge in [-0.15, -0.1) is 0 Å². The largest absolute Gasteiger partial charge is 0.324 e. The van der Waals surface area contributed by atoms with Crippen molar-refractivity contribution in [2.75, 3.05) is 11.9 Å². The Labute approximate surface area is 200 Å². The number of carbonyl (C=O) groups excluding carboxylic acids is 1. The van der Waals surface area contributed by atoms with Crippen molar-refractivity contribution in [1.82, 2.24) is 4.31 Å². The van der Waals surface area contributed by atoms with Crippen molar-refractivity contribution in [2.45, 2.75) is 11.4 Å². The highest BCUT2D eigenvalue weighted by Crippen LogP contribution is 2.30. The molecule has 5 nitrogen and oxygen atoms in total. The fourth-order valence-corrected chi connectivity index (χ4v) is 4.83. The number of halogens is 4. The standard InChI is InChI=1S/C21H16Cl4N2O3S/c22-16-10-9-14(11-18(16)24)12-27(31(29,30)15-5-2-1-3-6-15)13-20(28)26-19-8-4-7-17(23)21(19)25/h1-11H,12-13H2,(H,26,28). The molecule has 0 saturated heterocycles. The lowest BCUT2D eigenvalue weighted by Crippen LogP contribution is -2.37. The third kappa shape index (κ3) is 5.92. The molecular weight excluding hydrogens is 502 g/mol. The minimum Gasteiger partial charge on any atom is -0.324 e. The van der Waals surface area contributed by atoms with Gasteiger partial charge in [0.05, 0.1) is 37.2 Å². The molecule has 0 heterocycles. The van der Waals surface area contributed by atoms with Gasteiger partial charge in [0.2, 0.25) is 15.9 Å². The van der Waals surface area contributed by atoms with Crippen LogP contribution < -0.4 is 5.32 Å². The number of sulfonamides is 1. The number of carbonyl (C=O) groups is 1. The second-order valence-corrected chi connectivity index (χ2v) is 10.0. The van der Waals surface area contributed by atoms with Gasteiger partial charge in [0.1, 0.15) is 0 Å². The Balaban J connectivity index is 1.90. The summed E-state index contributed by atoms with van der Waals surface area (Å²) in [7, 11) is -3.99. The van der Waals surface area contributed by atoms with Crippen LogP contribution in [0.5, 0.6) is 0 Å². The fourth-order valence-electron chi connectivity index (χ4n) is 2.76. The van der Waals surface area contributed by atoms with E-state index in [4.69, 9.17) is 46.4 Å². The van der Waals surface area contributed by atoms with Gasteiger partial charge in [0, 0.05) is 6.54 Å². The maximum Gasteiger partial charge on any atom is 0.243 e. The zero-order valence-electron chi connectivity index (χ0n) is 15.9. The highest BCUT2D eigenvalue weighted by Gasteiger charge is 2.27. The Morgan fingerprint density at radius 3 is 2.23 bits per heavy atom. The van der Waals surface area contributed by atoms with Crippen molar-refractivity contribution in [1.29, 1.82) is 0 Å². The zero-order chi connectivity index (χ0) is 22.6. The van der Waals surface area contributed by atoms with Crippen molar-refractivity contribution < 1.29 is 13.2 Å². The Morgan fingerprint density at radius 2 is 1.55 bits per heavy atom. The average Bonchev–Trinajstić information content (AvgIpc) is 2.74. The smallest absolute Gasteiger partial charge is 0.243 e. The van der Waals surface area contributed by atoms with Crippen LogP contribution in [0.1, 0.15) is 5.56 Å². The lowest BCUT2D eigenvalue weighted by molar-refractivity contribution is -0.116. The molecule has 0 fully saturated rings. The van der Waals surface area contributed by atoms with Crippen LogP contribution in [0.3, 0.4) is 0 Å². The van der Waals surface area contributed by atoms with E-state index in [0.29, 0.717) is 10.6 Å². The minimum absolute atomic E-state index is 0.0589. The molecule has 0 bridgehead atoms. The Morgan fingerprint density at radius 1 is 0.839 bits per heavy atom. The van der Waals surface area contributed by atoms with Gasteiger partial charge in [-0.2, -0.15) is 4.31 Å². The molecule has 0 aromatic heterocycles. The first-order chi connectivity index (χ1) is 14.7. The number of anilines is 1. The molecule has 0 saturated carbocycles. The molecule has 0 aliphatic rings. The highest BCUT2D eigenvalue weighted by atomic mass is 35.5. The van der Waals surface area contributed by atoms with Crippen LogP contribution in [0.15, 0.2) is 71.6 Å². The molecule has 0 aliphatic carbocycles. The van der Waals surface area contributed by atoms with Crippen LogP contribution >= 0.6 is 46.4 Å². The maximum atomic E-state index is 13.2. The van der Waals surface area contributed by atoms with Gasteiger partial charge in [0.25, 0.3) is 0 Å². The first kappa shape index (κ1) is 23.9. The van der Waals surface area contributed by atoms with Crippen molar-refractivity contribution in [2.24, 2.45) is 0 Å². The zero-order valence-corrected chi connectivity index (χ0v) is 19.7. The van der Waals surface area contributed by atoms with E-state index in [9.17, 15) is 13.2 Å². The summed E-state index contributed by atoms with van der Waals surface area (Å²) in [6.45, 7) is -0.550. The summed E-state index contributed by atoms with van der Waals surface area (Å²) in [4.78, 5) is 12.8. The topological polar surface area (TPSA) is 66.5 Å². The fraction of sp³-hybridized carbons (Fsp3) is 0.0952. The number of hydrogen-bond donors (Lipinski definition) is 1. The molecule has 0 radical (unpaired) electrons. The van der Waals surface area contributed by atoms with Gasteiger partial charge >= 0.3 is 0 Å². The van der Waals surface area contributed by atoms with E-state index in [1.54, 1.807) is 54.6 Å². The third-order valence-electron chi connectivity index (χ3n) is 4.27. The van der Waals surface area contributed by atoms with Gasteiger partial charge in [-0.25, -0.2) is 8.42 Å². The van der Waals surface area contributed by atoms with Crippen LogP contribution in [0.4, 0.5) is 5.69 Å². The summed E-state index contributed by atoms with van der Waals surface area (Å²) in [5.74, 6) is -0.580. The number of amides is 1. The average molecular weight is 518 g/mol. The molecule has 0 unspecified atom stereocenters. The predicted octanol–water partition coefficient (Wildman–Crippen LogP) is 6.13. The minimum atomic E-state index is -3.99. The SMILES string of the molecule is O=C(CN(Cc1ccc(Cl)c(Cl)c1)S(=O)(=O)c1ccccc1)Nc1cccc(Cl)c1Cl. The molecule has 10 heteroatoms. The van der Waals surface area contributed by atoms with Crippen molar-refractivity contribution in [3.05, 3.63) is 92.4 Å². The van der Waals surface area contributed by atoms with Crippen LogP contribution in [0.2, 0.25) is 20.1 Å². The quantitative estimate of drug-likeness (QED) is 0.410. The van der Waals surface area contributed by atoms with Crippen molar-refractivity contribution in [3.8, 4) is 0 Å². The number of benzene rings is 3. The van der Waals surface area contributed by atoms with E-state index in [-0.39, 0.29) is 32.2 Å². The summed E-state index contributed by atoms with van der Waals surface area (Å²) in [6.07, 6.45) is 0. The van der Waals surface area contributed by atoms with Gasteiger partial charge in [-0.3, -0.25) is 4.79 Å². The molecule has 3 rings (SSSR count). The number of nitrogens with zero attached hydrogens (tertiary/aromatic N) is 1. The Bertz CT molecular complexity index is 1200. The first-order valence-electron chi connectivity index (χ1n) is 8.91. The van der Waals surface area contributed by atoms with Gasteiger partial charge < -0.3 is 5.32 Å². The summed E-state index contributed by atoms with van der Waals surface area (Å²) < 4.78 is 27.5. The van der Waals surface area contributed by atoms with Crippen LogP contribution in [0, 0.1) is 0 Å². The second kappa shape index (κ2) is 10.2. The lowest BCUT2D eigenvalue weighted by Gasteiger charge is -2.22. The van der Waals surface area contributed by atoms with E-state index < -0.39 is 22.5 Å². The molecule has 31 heavy (non-hydrogen) atoms. The molecule has 0 atom stereocenters. The molecule has 0 spiro atoms. The van der Waals surface area contributed by atoms with Crippen molar-refractivity contribution in [3.63, 3.8) is 0 Å². The van der Waals surface area contributed by atoms with E-state index in [0.717, 1.165) is 4.31 Å². The van der Waals surface area contributed by atoms with E-state index in [1.165, 1.54) is 12.1 Å². The lowest BCUT2D eigenvalue weighted by atomic mass is 10.2. The van der Waals surface area contributed by atoms with Crippen LogP contribution in [-0.4, -0.2) is 25.2 Å². The number of hydrogen-bond acceptors (Lipinski definition) is 3. The molecule has 0 aliphatic heterocycles. The molecule has 162 valence electrons.